The van der Waals surface area contributed by atoms with Crippen LogP contribution in [0.15, 0.2) is 77.7 Å². The lowest BCUT2D eigenvalue weighted by atomic mass is 10.1. The Kier molecular flexibility index (Phi) is 9.89. The van der Waals surface area contributed by atoms with Crippen LogP contribution in [0.25, 0.3) is 0 Å². The summed E-state index contributed by atoms with van der Waals surface area (Å²) in [6.07, 6.45) is 0. The van der Waals surface area contributed by atoms with Crippen molar-refractivity contribution in [2.75, 3.05) is 10.6 Å². The van der Waals surface area contributed by atoms with Gasteiger partial charge in [0.25, 0.3) is 5.91 Å². The Hall–Kier alpha value is -3.20. The molecule has 0 spiro atoms. The summed E-state index contributed by atoms with van der Waals surface area (Å²) in [5.41, 5.74) is 2.78. The smallest absolute Gasteiger partial charge is 0.338 e. The van der Waals surface area contributed by atoms with Gasteiger partial charge in [-0.15, -0.1) is 11.8 Å². The van der Waals surface area contributed by atoms with E-state index in [0.717, 1.165) is 22.4 Å². The van der Waals surface area contributed by atoms with E-state index in [1.165, 1.54) is 11.8 Å². The van der Waals surface area contributed by atoms with Gasteiger partial charge in [-0.3, -0.25) is 9.59 Å². The molecule has 0 saturated carbocycles. The number of nitrogens with one attached hydrogen (secondary N) is 2. The summed E-state index contributed by atoms with van der Waals surface area (Å²) in [6.45, 7) is 3.87. The number of rotatable bonds is 8. The SMILES string of the molecule is Cc1cccc(C)c1NC(=O)C(Sc1cccc(NC(=O)c2c(Cl)c(Cl)c(Cl)c(Cl)c2C(=O)O)c1)c1ccccc1. The van der Waals surface area contributed by atoms with Crippen LogP contribution in [0, 0.1) is 13.8 Å². The number of carbonyl (C=O) groups excluding carboxylic acids is 2. The maximum absolute atomic E-state index is 13.6. The van der Waals surface area contributed by atoms with E-state index in [2.05, 4.69) is 10.6 Å². The first kappa shape index (κ1) is 30.8. The van der Waals surface area contributed by atoms with Crippen molar-refractivity contribution in [3.05, 3.63) is 121 Å². The van der Waals surface area contributed by atoms with Gasteiger partial charge in [-0.05, 0) is 48.7 Å². The molecule has 4 aromatic rings. The number of benzene rings is 4. The van der Waals surface area contributed by atoms with Crippen molar-refractivity contribution in [1.82, 2.24) is 0 Å². The van der Waals surface area contributed by atoms with Gasteiger partial charge in [0, 0.05) is 16.3 Å². The number of aryl methyl sites for hydroxylation is 2. The lowest BCUT2D eigenvalue weighted by molar-refractivity contribution is -0.115. The number of carbonyl (C=O) groups is 3. The van der Waals surface area contributed by atoms with Gasteiger partial charge in [0.2, 0.25) is 5.91 Å². The number of aromatic carboxylic acids is 1. The second kappa shape index (κ2) is 13.2. The molecule has 0 aliphatic carbocycles. The monoisotopic (exact) mass is 646 g/mol. The highest BCUT2D eigenvalue weighted by molar-refractivity contribution is 8.00. The Morgan fingerprint density at radius 3 is 1.93 bits per heavy atom. The van der Waals surface area contributed by atoms with Crippen molar-refractivity contribution in [2.45, 2.75) is 24.0 Å². The van der Waals surface area contributed by atoms with Gasteiger partial charge < -0.3 is 15.7 Å². The van der Waals surface area contributed by atoms with Crippen LogP contribution in [0.4, 0.5) is 11.4 Å². The molecule has 4 aromatic carbocycles. The van der Waals surface area contributed by atoms with E-state index in [9.17, 15) is 19.5 Å². The molecule has 0 radical (unpaired) electrons. The second-order valence-electron chi connectivity index (χ2n) is 8.96. The van der Waals surface area contributed by atoms with E-state index in [4.69, 9.17) is 46.4 Å². The Morgan fingerprint density at radius 2 is 1.32 bits per heavy atom. The number of carboxylic acids is 1. The molecular weight excluding hydrogens is 626 g/mol. The molecule has 4 rings (SSSR count). The van der Waals surface area contributed by atoms with Crippen LogP contribution in [0.3, 0.4) is 0 Å². The van der Waals surface area contributed by atoms with E-state index in [1.807, 2.05) is 62.4 Å². The normalized spacial score (nSPS) is 11.6. The van der Waals surface area contributed by atoms with Gasteiger partial charge >= 0.3 is 5.97 Å². The average Bonchev–Trinajstić information content (AvgIpc) is 2.94. The lowest BCUT2D eigenvalue weighted by Gasteiger charge is -2.19. The fourth-order valence-corrected chi connectivity index (χ4v) is 6.23. The topological polar surface area (TPSA) is 95.5 Å². The third-order valence-electron chi connectivity index (χ3n) is 6.12. The van der Waals surface area contributed by atoms with Gasteiger partial charge in [-0.25, -0.2) is 4.79 Å². The summed E-state index contributed by atoms with van der Waals surface area (Å²) in [5, 5.41) is 13.5. The van der Waals surface area contributed by atoms with Crippen molar-refractivity contribution >= 4 is 87.3 Å². The Bertz CT molecular complexity index is 1640. The molecule has 2 amide bonds. The van der Waals surface area contributed by atoms with Crippen LogP contribution in [-0.4, -0.2) is 22.9 Å². The minimum atomic E-state index is -1.49. The summed E-state index contributed by atoms with van der Waals surface area (Å²) >= 11 is 25.7. The van der Waals surface area contributed by atoms with Gasteiger partial charge in [0.05, 0.1) is 31.2 Å². The highest BCUT2D eigenvalue weighted by Crippen LogP contribution is 2.42. The van der Waals surface area contributed by atoms with Crippen molar-refractivity contribution in [3.8, 4) is 0 Å². The number of carboxylic acid groups (broad SMARTS) is 1. The summed E-state index contributed by atoms with van der Waals surface area (Å²) in [4.78, 5) is 39.4. The predicted molar refractivity (Wildman–Crippen MR) is 167 cm³/mol. The molecule has 41 heavy (non-hydrogen) atoms. The Morgan fingerprint density at radius 1 is 0.732 bits per heavy atom. The molecule has 0 bridgehead atoms. The molecule has 6 nitrogen and oxygen atoms in total. The third kappa shape index (κ3) is 6.83. The molecule has 3 N–H and O–H groups in total. The van der Waals surface area contributed by atoms with E-state index in [-0.39, 0.29) is 21.0 Å². The van der Waals surface area contributed by atoms with Crippen LogP contribution < -0.4 is 10.6 Å². The lowest BCUT2D eigenvalue weighted by Crippen LogP contribution is -2.20. The minimum absolute atomic E-state index is 0.212. The molecule has 0 saturated heterocycles. The van der Waals surface area contributed by atoms with Crippen LogP contribution in [0.1, 0.15) is 42.7 Å². The number of para-hydroxylation sites is 1. The van der Waals surface area contributed by atoms with E-state index in [0.29, 0.717) is 10.6 Å². The largest absolute Gasteiger partial charge is 0.478 e. The number of amides is 2. The predicted octanol–water partition coefficient (Wildman–Crippen LogP) is 9.34. The van der Waals surface area contributed by atoms with E-state index >= 15 is 0 Å². The molecule has 0 aromatic heterocycles. The quantitative estimate of drug-likeness (QED) is 0.101. The fourth-order valence-electron chi connectivity index (χ4n) is 4.12. The van der Waals surface area contributed by atoms with Gasteiger partial charge in [-0.1, -0.05) is 101 Å². The van der Waals surface area contributed by atoms with Crippen molar-refractivity contribution in [3.63, 3.8) is 0 Å². The summed E-state index contributed by atoms with van der Waals surface area (Å²) < 4.78 is 0. The highest BCUT2D eigenvalue weighted by Gasteiger charge is 2.29. The number of halogens is 4. The molecule has 0 heterocycles. The van der Waals surface area contributed by atoms with Crippen LogP contribution >= 0.6 is 58.2 Å². The number of hydrogen-bond acceptors (Lipinski definition) is 4. The third-order valence-corrected chi connectivity index (χ3v) is 9.17. The number of thioether (sulfide) groups is 1. The maximum atomic E-state index is 13.6. The minimum Gasteiger partial charge on any atom is -0.478 e. The van der Waals surface area contributed by atoms with Crippen molar-refractivity contribution in [1.29, 1.82) is 0 Å². The molecule has 11 heteroatoms. The van der Waals surface area contributed by atoms with Crippen molar-refractivity contribution in [2.24, 2.45) is 0 Å². The zero-order valence-corrected chi connectivity index (χ0v) is 25.4. The summed E-state index contributed by atoms with van der Waals surface area (Å²) in [7, 11) is 0. The summed E-state index contributed by atoms with van der Waals surface area (Å²) in [5.74, 6) is -2.55. The molecule has 0 aliphatic rings. The first-order chi connectivity index (χ1) is 19.5. The number of anilines is 2. The van der Waals surface area contributed by atoms with Crippen LogP contribution in [0.5, 0.6) is 0 Å². The Labute approximate surface area is 261 Å². The average molecular weight is 648 g/mol. The van der Waals surface area contributed by atoms with Gasteiger partial charge in [0.15, 0.2) is 0 Å². The zero-order valence-electron chi connectivity index (χ0n) is 21.6. The van der Waals surface area contributed by atoms with Gasteiger partial charge in [-0.2, -0.15) is 0 Å². The molecule has 210 valence electrons. The van der Waals surface area contributed by atoms with Crippen molar-refractivity contribution < 1.29 is 19.5 Å². The summed E-state index contributed by atoms with van der Waals surface area (Å²) in [6, 6.07) is 21.9. The van der Waals surface area contributed by atoms with E-state index in [1.54, 1.807) is 24.3 Å². The number of hydrogen-bond donors (Lipinski definition) is 3. The van der Waals surface area contributed by atoms with Crippen LogP contribution in [0.2, 0.25) is 20.1 Å². The molecule has 0 fully saturated rings. The van der Waals surface area contributed by atoms with Crippen LogP contribution in [-0.2, 0) is 4.79 Å². The van der Waals surface area contributed by atoms with Gasteiger partial charge in [0.1, 0.15) is 5.25 Å². The zero-order chi connectivity index (χ0) is 29.8. The Balaban J connectivity index is 1.64. The molecule has 1 unspecified atom stereocenters. The molecular formula is C30H22Cl4N2O4S. The molecule has 0 aliphatic heterocycles. The van der Waals surface area contributed by atoms with E-state index < -0.39 is 33.3 Å². The first-order valence-corrected chi connectivity index (χ1v) is 14.5. The standard InChI is InChI=1S/C30H22Cl4N2O4S/c1-15-8-6-9-16(2)26(15)36-29(38)27(17-10-4-3-5-11-17)41-19-13-7-12-18(14-19)35-28(37)20-21(30(39)40)23(32)25(34)24(33)22(20)31/h3-14,27H,1-2H3,(H,35,37)(H,36,38)(H,39,40). The second-order valence-corrected chi connectivity index (χ2v) is 11.6. The molecule has 1 atom stereocenters. The first-order valence-electron chi connectivity index (χ1n) is 12.1. The highest BCUT2D eigenvalue weighted by atomic mass is 35.5. The fraction of sp³-hybridized carbons (Fsp3) is 0.100. The maximum Gasteiger partial charge on any atom is 0.338 e.